The molecule has 0 atom stereocenters. The molecule has 0 bridgehead atoms. The van der Waals surface area contributed by atoms with E-state index in [2.05, 4.69) is 15.6 Å². The summed E-state index contributed by atoms with van der Waals surface area (Å²) in [5, 5.41) is 4.89. The van der Waals surface area contributed by atoms with Gasteiger partial charge in [0.1, 0.15) is 11.5 Å². The van der Waals surface area contributed by atoms with E-state index in [1.54, 1.807) is 0 Å². The van der Waals surface area contributed by atoms with Crippen molar-refractivity contribution in [2.45, 2.75) is 46.7 Å². The van der Waals surface area contributed by atoms with Crippen LogP contribution in [0.2, 0.25) is 0 Å². The lowest BCUT2D eigenvalue weighted by atomic mass is 10.2. The van der Waals surface area contributed by atoms with Gasteiger partial charge in [-0.1, -0.05) is 57.5 Å². The molecule has 3 amide bonds. The number of H-pyrrole nitrogens is 1. The second-order valence-corrected chi connectivity index (χ2v) is 7.99. The van der Waals surface area contributed by atoms with Gasteiger partial charge >= 0.3 is 11.7 Å². The van der Waals surface area contributed by atoms with Crippen LogP contribution in [0.15, 0.2) is 39.9 Å². The first kappa shape index (κ1) is 24.7. The minimum atomic E-state index is -0.665. The van der Waals surface area contributed by atoms with Crippen molar-refractivity contribution in [1.29, 1.82) is 0 Å². The van der Waals surface area contributed by atoms with E-state index < -0.39 is 23.2 Å². The summed E-state index contributed by atoms with van der Waals surface area (Å²) in [6.07, 6.45) is 1.55. The topological polar surface area (TPSA) is 142 Å². The fourth-order valence-corrected chi connectivity index (χ4v) is 3.26. The van der Waals surface area contributed by atoms with E-state index in [1.807, 2.05) is 51.1 Å². The van der Waals surface area contributed by atoms with Crippen LogP contribution in [0.5, 0.6) is 0 Å². The highest BCUT2D eigenvalue weighted by Crippen LogP contribution is 2.18. The maximum Gasteiger partial charge on any atom is 0.330 e. The van der Waals surface area contributed by atoms with Gasteiger partial charge in [0.2, 0.25) is 5.91 Å². The fraction of sp³-hybridized carbons (Fsp3) is 0.455. The summed E-state index contributed by atoms with van der Waals surface area (Å²) in [6.45, 7) is 6.52. The van der Waals surface area contributed by atoms with E-state index in [1.165, 1.54) is 9.47 Å². The van der Waals surface area contributed by atoms with Crippen LogP contribution in [0.3, 0.4) is 0 Å². The van der Waals surface area contributed by atoms with Crippen molar-refractivity contribution in [3.05, 3.63) is 56.7 Å². The Kier molecular flexibility index (Phi) is 9.06. The number of imide groups is 1. The molecule has 0 aliphatic heterocycles. The molecule has 0 aliphatic carbocycles. The number of hydrogen-bond donors (Lipinski definition) is 4. The Bertz CT molecular complexity index is 1030. The maximum atomic E-state index is 12.6. The molecular weight excluding hydrogens is 412 g/mol. The highest BCUT2D eigenvalue weighted by molar-refractivity contribution is 5.96. The molecule has 2 aromatic rings. The predicted octanol–water partition coefficient (Wildman–Crippen LogP) is 1.41. The van der Waals surface area contributed by atoms with Crippen LogP contribution >= 0.6 is 0 Å². The van der Waals surface area contributed by atoms with E-state index >= 15 is 0 Å². The molecule has 0 saturated carbocycles. The third-order valence-electron chi connectivity index (χ3n) is 4.73. The molecule has 0 fully saturated rings. The molecule has 0 spiro atoms. The number of carbonyl (C=O) groups is 2. The molecule has 1 aromatic carbocycles. The first-order valence-corrected chi connectivity index (χ1v) is 10.7. The monoisotopic (exact) mass is 444 g/mol. The van der Waals surface area contributed by atoms with Gasteiger partial charge in [-0.25, -0.2) is 9.59 Å². The molecule has 10 nitrogen and oxygen atoms in total. The smallest absolute Gasteiger partial charge is 0.330 e. The molecule has 0 unspecified atom stereocenters. The van der Waals surface area contributed by atoms with E-state index in [4.69, 9.17) is 5.73 Å². The fourth-order valence-electron chi connectivity index (χ4n) is 3.26. The van der Waals surface area contributed by atoms with Crippen molar-refractivity contribution in [2.75, 3.05) is 23.7 Å². The summed E-state index contributed by atoms with van der Waals surface area (Å²) < 4.78 is 1.30. The maximum absolute atomic E-state index is 12.6. The van der Waals surface area contributed by atoms with Crippen LogP contribution in [0, 0.1) is 5.92 Å². The van der Waals surface area contributed by atoms with E-state index in [0.717, 1.165) is 12.0 Å². The summed E-state index contributed by atoms with van der Waals surface area (Å²) in [5.41, 5.74) is 5.88. The van der Waals surface area contributed by atoms with Crippen LogP contribution in [0.4, 0.5) is 16.3 Å². The number of aromatic nitrogens is 2. The van der Waals surface area contributed by atoms with Gasteiger partial charge in [-0.05, 0) is 17.9 Å². The number of nitrogens with zero attached hydrogens (tertiary/aromatic N) is 2. The third-order valence-corrected chi connectivity index (χ3v) is 4.73. The molecule has 5 N–H and O–H groups in total. The van der Waals surface area contributed by atoms with Gasteiger partial charge in [0.15, 0.2) is 0 Å². The third kappa shape index (κ3) is 7.00. The lowest BCUT2D eigenvalue weighted by molar-refractivity contribution is -0.118. The highest BCUT2D eigenvalue weighted by Gasteiger charge is 2.22. The standard InChI is InChI=1S/C22H32N6O4/c1-4-5-11-28-19(23)18(20(30)26-22(28)32)27(13-15(2)3)14-17(29)25-21(31)24-12-16-9-7-6-8-10-16/h6-10,15H,4-5,11-14,23H2,1-3H3,(H,26,30,32)(H2,24,25,29,31). The summed E-state index contributed by atoms with van der Waals surface area (Å²) >= 11 is 0. The van der Waals surface area contributed by atoms with Gasteiger partial charge in [-0.2, -0.15) is 0 Å². The van der Waals surface area contributed by atoms with Crippen LogP contribution in [-0.4, -0.2) is 34.6 Å². The molecule has 1 aromatic heterocycles. The van der Waals surface area contributed by atoms with Gasteiger partial charge in [-0.15, -0.1) is 0 Å². The average molecular weight is 445 g/mol. The molecule has 32 heavy (non-hydrogen) atoms. The van der Waals surface area contributed by atoms with Gasteiger partial charge in [0.05, 0.1) is 6.54 Å². The molecule has 0 radical (unpaired) electrons. The number of hydrogen-bond acceptors (Lipinski definition) is 6. The summed E-state index contributed by atoms with van der Waals surface area (Å²) in [5.74, 6) is -0.500. The Morgan fingerprint density at radius 1 is 1.19 bits per heavy atom. The molecule has 0 saturated heterocycles. The van der Waals surface area contributed by atoms with Crippen molar-refractivity contribution in [2.24, 2.45) is 5.92 Å². The number of nitrogens with one attached hydrogen (secondary N) is 3. The van der Waals surface area contributed by atoms with E-state index in [9.17, 15) is 19.2 Å². The number of rotatable bonds is 10. The number of urea groups is 1. The van der Waals surface area contributed by atoms with Crippen LogP contribution in [0.25, 0.3) is 0 Å². The van der Waals surface area contributed by atoms with Gasteiger partial charge < -0.3 is 16.0 Å². The van der Waals surface area contributed by atoms with Gasteiger partial charge in [0, 0.05) is 19.6 Å². The second kappa shape index (κ2) is 11.7. The molecule has 0 aliphatic rings. The second-order valence-electron chi connectivity index (χ2n) is 7.99. The van der Waals surface area contributed by atoms with Crippen molar-refractivity contribution in [3.63, 3.8) is 0 Å². The zero-order chi connectivity index (χ0) is 23.7. The van der Waals surface area contributed by atoms with Crippen LogP contribution in [-0.2, 0) is 17.9 Å². The lowest BCUT2D eigenvalue weighted by Crippen LogP contribution is -2.47. The number of amides is 3. The molecule has 174 valence electrons. The largest absolute Gasteiger partial charge is 0.383 e. The molecule has 10 heteroatoms. The van der Waals surface area contributed by atoms with Crippen molar-refractivity contribution < 1.29 is 9.59 Å². The van der Waals surface area contributed by atoms with Crippen molar-refractivity contribution in [1.82, 2.24) is 20.2 Å². The quantitative estimate of drug-likeness (QED) is 0.436. The summed E-state index contributed by atoms with van der Waals surface area (Å²) in [6, 6.07) is 8.65. The van der Waals surface area contributed by atoms with Gasteiger partial charge in [0.25, 0.3) is 5.56 Å². The SMILES string of the molecule is CCCCn1c(N)c(N(CC(=O)NC(=O)NCc2ccccc2)CC(C)C)c(=O)[nH]c1=O. The first-order valence-electron chi connectivity index (χ1n) is 10.7. The van der Waals surface area contributed by atoms with Gasteiger partial charge in [-0.3, -0.25) is 24.5 Å². The number of nitrogens with two attached hydrogens (primary N) is 1. The summed E-state index contributed by atoms with van der Waals surface area (Å²) in [7, 11) is 0. The van der Waals surface area contributed by atoms with Crippen molar-refractivity contribution >= 4 is 23.4 Å². The predicted molar refractivity (Wildman–Crippen MR) is 125 cm³/mol. The number of nitrogen functional groups attached to an aromatic ring is 1. The first-order chi connectivity index (χ1) is 15.2. The van der Waals surface area contributed by atoms with E-state index in [-0.39, 0.29) is 30.5 Å². The molecular formula is C22H32N6O4. The Morgan fingerprint density at radius 3 is 2.50 bits per heavy atom. The minimum absolute atomic E-state index is 0.00850. The number of unbranched alkanes of at least 4 members (excludes halogenated alkanes) is 1. The highest BCUT2D eigenvalue weighted by atomic mass is 16.2. The lowest BCUT2D eigenvalue weighted by Gasteiger charge is -2.27. The Labute approximate surface area is 186 Å². The Morgan fingerprint density at radius 2 is 1.88 bits per heavy atom. The number of aromatic amines is 1. The number of anilines is 2. The molecule has 2 rings (SSSR count). The van der Waals surface area contributed by atoms with Crippen LogP contribution in [0.1, 0.15) is 39.2 Å². The van der Waals surface area contributed by atoms with Crippen molar-refractivity contribution in [3.8, 4) is 0 Å². The zero-order valence-electron chi connectivity index (χ0n) is 18.8. The number of carbonyl (C=O) groups excluding carboxylic acids is 2. The summed E-state index contributed by atoms with van der Waals surface area (Å²) in [4.78, 5) is 53.2. The Hall–Kier alpha value is -3.56. The average Bonchev–Trinajstić information content (AvgIpc) is 2.72. The number of benzene rings is 1. The normalized spacial score (nSPS) is 10.8. The minimum Gasteiger partial charge on any atom is -0.383 e. The Balaban J connectivity index is 2.16. The van der Waals surface area contributed by atoms with E-state index in [0.29, 0.717) is 19.5 Å². The van der Waals surface area contributed by atoms with Crippen LogP contribution < -0.4 is 32.5 Å². The zero-order valence-corrected chi connectivity index (χ0v) is 18.8. The molecule has 1 heterocycles.